The van der Waals surface area contributed by atoms with Gasteiger partial charge in [-0.2, -0.15) is 0 Å². The maximum atomic E-state index is 13.9. The van der Waals surface area contributed by atoms with Crippen LogP contribution in [0.25, 0.3) is 0 Å². The van der Waals surface area contributed by atoms with E-state index in [-0.39, 0.29) is 24.2 Å². The fourth-order valence-electron chi connectivity index (χ4n) is 2.81. The predicted octanol–water partition coefficient (Wildman–Crippen LogP) is 4.09. The molecule has 0 saturated heterocycles. The molecule has 1 aromatic carbocycles. The lowest BCUT2D eigenvalue weighted by Gasteiger charge is -2.26. The lowest BCUT2D eigenvalue weighted by atomic mass is 10.2. The van der Waals surface area contributed by atoms with E-state index in [0.29, 0.717) is 23.7 Å². The molecule has 0 fully saturated rings. The molecule has 0 atom stereocenters. The van der Waals surface area contributed by atoms with Crippen LogP contribution in [0.2, 0.25) is 0 Å². The van der Waals surface area contributed by atoms with Gasteiger partial charge < -0.3 is 15.5 Å². The molecule has 9 heteroatoms. The van der Waals surface area contributed by atoms with Crippen molar-refractivity contribution in [2.45, 2.75) is 32.9 Å². The first-order valence-electron chi connectivity index (χ1n) is 9.88. The quantitative estimate of drug-likeness (QED) is 0.551. The van der Waals surface area contributed by atoms with Crippen LogP contribution in [0, 0.1) is 5.82 Å². The average molecular weight is 442 g/mol. The van der Waals surface area contributed by atoms with Gasteiger partial charge in [-0.25, -0.2) is 14.2 Å². The first-order chi connectivity index (χ1) is 14.9. The summed E-state index contributed by atoms with van der Waals surface area (Å²) in [5.74, 6) is -0.774. The molecule has 0 aliphatic carbocycles. The highest BCUT2D eigenvalue weighted by atomic mass is 32.1. The summed E-state index contributed by atoms with van der Waals surface area (Å²) in [6.07, 6.45) is 2.34. The summed E-state index contributed by atoms with van der Waals surface area (Å²) >= 11 is 1.30. The van der Waals surface area contributed by atoms with E-state index in [4.69, 9.17) is 0 Å². The largest absolute Gasteiger partial charge is 0.350 e. The van der Waals surface area contributed by atoms with Crippen LogP contribution in [-0.2, 0) is 13.0 Å². The molecule has 0 saturated carbocycles. The third-order valence-electron chi connectivity index (χ3n) is 4.48. The summed E-state index contributed by atoms with van der Waals surface area (Å²) in [4.78, 5) is 35.1. The van der Waals surface area contributed by atoms with E-state index >= 15 is 0 Å². The number of halogens is 1. The maximum Gasteiger partial charge on any atom is 0.322 e. The number of amides is 3. The first-order valence-corrected chi connectivity index (χ1v) is 10.8. The molecule has 31 heavy (non-hydrogen) atoms. The van der Waals surface area contributed by atoms with Crippen LogP contribution < -0.4 is 10.6 Å². The van der Waals surface area contributed by atoms with Gasteiger partial charge in [-0.05, 0) is 38.1 Å². The molecular weight excluding hydrogens is 417 g/mol. The molecule has 3 rings (SSSR count). The summed E-state index contributed by atoms with van der Waals surface area (Å²) in [5.41, 5.74) is 1.32. The van der Waals surface area contributed by atoms with E-state index in [0.717, 1.165) is 5.69 Å². The zero-order valence-electron chi connectivity index (χ0n) is 17.3. The van der Waals surface area contributed by atoms with Crippen LogP contribution in [0.4, 0.5) is 14.9 Å². The highest BCUT2D eigenvalue weighted by Gasteiger charge is 2.21. The van der Waals surface area contributed by atoms with Crippen LogP contribution in [-0.4, -0.2) is 39.4 Å². The minimum Gasteiger partial charge on any atom is -0.350 e. The van der Waals surface area contributed by atoms with Crippen LogP contribution in [0.1, 0.15) is 35.0 Å². The summed E-state index contributed by atoms with van der Waals surface area (Å²) in [6.45, 7) is 4.38. The minimum atomic E-state index is -0.501. The van der Waals surface area contributed by atoms with Gasteiger partial charge in [0, 0.05) is 36.3 Å². The average Bonchev–Trinajstić information content (AvgIpc) is 3.23. The van der Waals surface area contributed by atoms with Crippen molar-refractivity contribution < 1.29 is 14.0 Å². The topological polar surface area (TPSA) is 87.2 Å². The Morgan fingerprint density at radius 1 is 1.16 bits per heavy atom. The number of anilines is 1. The molecule has 3 aromatic rings. The van der Waals surface area contributed by atoms with Gasteiger partial charge in [0.1, 0.15) is 16.5 Å². The van der Waals surface area contributed by atoms with Gasteiger partial charge in [0.15, 0.2) is 0 Å². The van der Waals surface area contributed by atoms with Crippen molar-refractivity contribution in [2.24, 2.45) is 0 Å². The number of aromatic nitrogens is 2. The second-order valence-corrected chi connectivity index (χ2v) is 8.03. The summed E-state index contributed by atoms with van der Waals surface area (Å²) < 4.78 is 13.9. The number of pyridine rings is 1. The number of carbonyl (C=O) groups excluding carboxylic acids is 2. The van der Waals surface area contributed by atoms with E-state index in [1.807, 2.05) is 32.0 Å². The molecule has 2 aromatic heterocycles. The highest BCUT2D eigenvalue weighted by molar-refractivity contribution is 7.09. The lowest BCUT2D eigenvalue weighted by molar-refractivity contribution is 0.0949. The normalized spacial score (nSPS) is 10.7. The number of rotatable bonds is 8. The van der Waals surface area contributed by atoms with Gasteiger partial charge in [0.2, 0.25) is 0 Å². The number of nitrogens with one attached hydrogen (secondary N) is 2. The Bertz CT molecular complexity index is 1030. The van der Waals surface area contributed by atoms with Gasteiger partial charge in [-0.3, -0.25) is 9.78 Å². The van der Waals surface area contributed by atoms with Crippen molar-refractivity contribution >= 4 is 29.0 Å². The lowest BCUT2D eigenvalue weighted by Crippen LogP contribution is -2.39. The molecule has 0 spiro atoms. The molecule has 2 heterocycles. The Balaban J connectivity index is 1.57. The van der Waals surface area contributed by atoms with Crippen molar-refractivity contribution in [3.05, 3.63) is 76.3 Å². The number of hydrogen-bond donors (Lipinski definition) is 2. The van der Waals surface area contributed by atoms with Gasteiger partial charge in [-0.15, -0.1) is 11.3 Å². The molecule has 0 bridgehead atoms. The molecule has 0 radical (unpaired) electrons. The number of urea groups is 1. The molecule has 0 aliphatic heterocycles. The monoisotopic (exact) mass is 441 g/mol. The number of carbonyl (C=O) groups is 2. The van der Waals surface area contributed by atoms with E-state index in [1.165, 1.54) is 28.4 Å². The Morgan fingerprint density at radius 2 is 1.94 bits per heavy atom. The molecule has 2 N–H and O–H groups in total. The maximum absolute atomic E-state index is 13.9. The fourth-order valence-corrected chi connectivity index (χ4v) is 3.58. The second-order valence-electron chi connectivity index (χ2n) is 7.09. The first kappa shape index (κ1) is 22.4. The van der Waals surface area contributed by atoms with Crippen LogP contribution in [0.3, 0.4) is 0 Å². The van der Waals surface area contributed by atoms with Crippen molar-refractivity contribution in [1.82, 2.24) is 20.2 Å². The summed E-state index contributed by atoms with van der Waals surface area (Å²) in [6, 6.07) is 11.1. The minimum absolute atomic E-state index is 0.116. The Labute approximate surface area is 184 Å². The number of para-hydroxylation sites is 1. The highest BCUT2D eigenvalue weighted by Crippen LogP contribution is 2.18. The molecule has 0 unspecified atom stereocenters. The smallest absolute Gasteiger partial charge is 0.322 e. The van der Waals surface area contributed by atoms with E-state index in [2.05, 4.69) is 20.6 Å². The summed E-state index contributed by atoms with van der Waals surface area (Å²) in [7, 11) is 0. The summed E-state index contributed by atoms with van der Waals surface area (Å²) in [5, 5.41) is 7.70. The molecule has 7 nitrogen and oxygen atoms in total. The molecule has 0 aliphatic rings. The van der Waals surface area contributed by atoms with Gasteiger partial charge in [0.05, 0.1) is 12.2 Å². The van der Waals surface area contributed by atoms with Crippen molar-refractivity contribution in [1.29, 1.82) is 0 Å². The van der Waals surface area contributed by atoms with Crippen molar-refractivity contribution in [3.8, 4) is 0 Å². The van der Waals surface area contributed by atoms with Crippen molar-refractivity contribution in [3.63, 3.8) is 0 Å². The van der Waals surface area contributed by atoms with Gasteiger partial charge in [0.25, 0.3) is 5.91 Å². The fraction of sp³-hybridized carbons (Fsp3) is 0.273. The molecule has 3 amide bonds. The molecule has 162 valence electrons. The van der Waals surface area contributed by atoms with Crippen LogP contribution in [0.5, 0.6) is 0 Å². The number of hydrogen-bond acceptors (Lipinski definition) is 5. The van der Waals surface area contributed by atoms with E-state index in [9.17, 15) is 14.0 Å². The molecular formula is C22H24FN5O2S. The van der Waals surface area contributed by atoms with Gasteiger partial charge >= 0.3 is 6.03 Å². The number of thiazole rings is 1. The Kier molecular flexibility index (Phi) is 7.66. The second kappa shape index (κ2) is 10.6. The SMILES string of the molecule is CC(C)N(Cc1nc(C(=O)NCCc2ccccn2)cs1)C(=O)Nc1ccccc1F. The Hall–Kier alpha value is -3.33. The van der Waals surface area contributed by atoms with Crippen LogP contribution >= 0.6 is 11.3 Å². The zero-order chi connectivity index (χ0) is 22.2. The zero-order valence-corrected chi connectivity index (χ0v) is 18.2. The van der Waals surface area contributed by atoms with Crippen molar-refractivity contribution in [2.75, 3.05) is 11.9 Å². The standard InChI is InChI=1S/C22H24FN5O2S/c1-15(2)28(22(30)27-18-9-4-3-8-17(18)23)13-20-26-19(14-31-20)21(29)25-12-10-16-7-5-6-11-24-16/h3-9,11,14-15H,10,12-13H2,1-2H3,(H,25,29)(H,27,30). The predicted molar refractivity (Wildman–Crippen MR) is 118 cm³/mol. The van der Waals surface area contributed by atoms with E-state index < -0.39 is 11.8 Å². The van der Waals surface area contributed by atoms with Crippen LogP contribution in [0.15, 0.2) is 54.0 Å². The van der Waals surface area contributed by atoms with Gasteiger partial charge in [-0.1, -0.05) is 18.2 Å². The Morgan fingerprint density at radius 3 is 2.65 bits per heavy atom. The third-order valence-corrected chi connectivity index (χ3v) is 5.32. The third kappa shape index (κ3) is 6.32. The number of benzene rings is 1. The number of nitrogens with zero attached hydrogens (tertiary/aromatic N) is 3. The van der Waals surface area contributed by atoms with E-state index in [1.54, 1.807) is 23.7 Å².